The van der Waals surface area contributed by atoms with Crippen molar-refractivity contribution in [2.45, 2.75) is 45.1 Å². The Labute approximate surface area is 109 Å². The predicted octanol–water partition coefficient (Wildman–Crippen LogP) is 3.37. The number of rotatable bonds is 4. The first kappa shape index (κ1) is 13.2. The molecule has 0 unspecified atom stereocenters. The molecule has 100 valence electrons. The van der Waals surface area contributed by atoms with Crippen LogP contribution in [-0.4, -0.2) is 11.7 Å². The normalized spacial score (nSPS) is 18.6. The summed E-state index contributed by atoms with van der Waals surface area (Å²) >= 11 is 0. The van der Waals surface area contributed by atoms with E-state index in [1.54, 1.807) is 6.07 Å². The minimum Gasteiger partial charge on any atom is -0.504 e. The molecule has 1 atom stereocenters. The van der Waals surface area contributed by atoms with Crippen LogP contribution in [0.1, 0.15) is 50.6 Å². The summed E-state index contributed by atoms with van der Waals surface area (Å²) in [7, 11) is 0. The molecule has 0 aliphatic heterocycles. The molecule has 0 radical (unpaired) electrons. The van der Waals surface area contributed by atoms with Crippen molar-refractivity contribution in [3.05, 3.63) is 23.8 Å². The van der Waals surface area contributed by atoms with Crippen LogP contribution in [-0.2, 0) is 0 Å². The summed E-state index contributed by atoms with van der Waals surface area (Å²) in [5.41, 5.74) is 7.15. The van der Waals surface area contributed by atoms with E-state index in [1.807, 2.05) is 19.1 Å². The number of para-hydroxylation sites is 1. The zero-order chi connectivity index (χ0) is 13.0. The van der Waals surface area contributed by atoms with Crippen molar-refractivity contribution >= 4 is 0 Å². The van der Waals surface area contributed by atoms with Gasteiger partial charge in [-0.1, -0.05) is 31.4 Å². The molecule has 3 N–H and O–H groups in total. The molecule has 0 amide bonds. The monoisotopic (exact) mass is 249 g/mol. The highest BCUT2D eigenvalue weighted by molar-refractivity contribution is 5.47. The highest BCUT2D eigenvalue weighted by Gasteiger charge is 2.24. The van der Waals surface area contributed by atoms with Gasteiger partial charge < -0.3 is 15.6 Å². The average Bonchev–Trinajstić information content (AvgIpc) is 2.42. The summed E-state index contributed by atoms with van der Waals surface area (Å²) in [6, 6.07) is 5.53. The van der Waals surface area contributed by atoms with Crippen molar-refractivity contribution in [3.8, 4) is 11.5 Å². The third kappa shape index (κ3) is 2.78. The van der Waals surface area contributed by atoms with Crippen LogP contribution >= 0.6 is 0 Å². The Bertz CT molecular complexity index is 386. The number of phenols is 1. The predicted molar refractivity (Wildman–Crippen MR) is 72.8 cm³/mol. The second-order valence-corrected chi connectivity index (χ2v) is 5.05. The van der Waals surface area contributed by atoms with Crippen molar-refractivity contribution in [2.75, 3.05) is 6.61 Å². The lowest BCUT2D eigenvalue weighted by molar-refractivity contribution is 0.292. The molecule has 1 aliphatic rings. The summed E-state index contributed by atoms with van der Waals surface area (Å²) in [5, 5.41) is 10.2. The van der Waals surface area contributed by atoms with Gasteiger partial charge >= 0.3 is 0 Å². The molecule has 3 nitrogen and oxygen atoms in total. The summed E-state index contributed by atoms with van der Waals surface area (Å²) in [6.45, 7) is 2.46. The Morgan fingerprint density at radius 3 is 2.72 bits per heavy atom. The Hall–Kier alpha value is -1.22. The van der Waals surface area contributed by atoms with E-state index in [1.165, 1.54) is 32.1 Å². The van der Waals surface area contributed by atoms with Gasteiger partial charge in [-0.05, 0) is 31.7 Å². The Balaban J connectivity index is 2.18. The van der Waals surface area contributed by atoms with Gasteiger partial charge in [-0.15, -0.1) is 0 Å². The van der Waals surface area contributed by atoms with Crippen LogP contribution in [0.4, 0.5) is 0 Å². The van der Waals surface area contributed by atoms with Crippen molar-refractivity contribution in [1.82, 2.24) is 0 Å². The Morgan fingerprint density at radius 2 is 2.06 bits per heavy atom. The number of ether oxygens (including phenoxy) is 1. The van der Waals surface area contributed by atoms with Crippen LogP contribution in [0.15, 0.2) is 18.2 Å². The molecule has 3 heteroatoms. The first-order valence-corrected chi connectivity index (χ1v) is 6.94. The van der Waals surface area contributed by atoms with E-state index in [-0.39, 0.29) is 11.8 Å². The molecular formula is C15H23NO2. The largest absolute Gasteiger partial charge is 0.504 e. The number of aromatic hydroxyl groups is 1. The lowest BCUT2D eigenvalue weighted by Gasteiger charge is -2.28. The fourth-order valence-electron chi connectivity index (χ4n) is 2.83. The lowest BCUT2D eigenvalue weighted by atomic mass is 9.81. The molecule has 1 aliphatic carbocycles. The van der Waals surface area contributed by atoms with Crippen LogP contribution in [0.3, 0.4) is 0 Å². The maximum Gasteiger partial charge on any atom is 0.162 e. The number of hydrogen-bond donors (Lipinski definition) is 2. The van der Waals surface area contributed by atoms with E-state index in [0.29, 0.717) is 18.3 Å². The molecule has 0 heterocycles. The van der Waals surface area contributed by atoms with Gasteiger partial charge in [0.2, 0.25) is 0 Å². The van der Waals surface area contributed by atoms with E-state index in [0.717, 1.165) is 5.56 Å². The topological polar surface area (TPSA) is 55.5 Å². The fourth-order valence-corrected chi connectivity index (χ4v) is 2.83. The second kappa shape index (κ2) is 6.10. The fraction of sp³-hybridized carbons (Fsp3) is 0.600. The van der Waals surface area contributed by atoms with Crippen LogP contribution in [0.2, 0.25) is 0 Å². The number of hydrogen-bond acceptors (Lipinski definition) is 3. The highest BCUT2D eigenvalue weighted by atomic mass is 16.5. The van der Waals surface area contributed by atoms with E-state index in [4.69, 9.17) is 10.5 Å². The van der Waals surface area contributed by atoms with Gasteiger partial charge in [0.15, 0.2) is 11.5 Å². The second-order valence-electron chi connectivity index (χ2n) is 5.05. The van der Waals surface area contributed by atoms with Gasteiger partial charge in [0.1, 0.15) is 0 Å². The van der Waals surface area contributed by atoms with Crippen molar-refractivity contribution in [2.24, 2.45) is 11.7 Å². The zero-order valence-corrected chi connectivity index (χ0v) is 11.1. The highest BCUT2D eigenvalue weighted by Crippen LogP contribution is 2.39. The third-order valence-electron chi connectivity index (χ3n) is 3.85. The first-order valence-electron chi connectivity index (χ1n) is 6.94. The van der Waals surface area contributed by atoms with Gasteiger partial charge in [0.05, 0.1) is 6.61 Å². The van der Waals surface area contributed by atoms with Crippen molar-refractivity contribution in [3.63, 3.8) is 0 Å². The minimum absolute atomic E-state index is 0.0780. The van der Waals surface area contributed by atoms with E-state index >= 15 is 0 Å². The Kier molecular flexibility index (Phi) is 4.48. The molecule has 1 aromatic carbocycles. The van der Waals surface area contributed by atoms with Gasteiger partial charge in [-0.3, -0.25) is 0 Å². The number of benzene rings is 1. The van der Waals surface area contributed by atoms with Crippen LogP contribution in [0, 0.1) is 5.92 Å². The molecule has 1 saturated carbocycles. The summed E-state index contributed by atoms with van der Waals surface area (Å²) in [4.78, 5) is 0. The van der Waals surface area contributed by atoms with E-state index in [9.17, 15) is 5.11 Å². The van der Waals surface area contributed by atoms with Gasteiger partial charge in [0, 0.05) is 11.6 Å². The molecule has 0 spiro atoms. The number of phenolic OH excluding ortho intramolecular Hbond substituents is 1. The molecule has 18 heavy (non-hydrogen) atoms. The van der Waals surface area contributed by atoms with Gasteiger partial charge in [-0.2, -0.15) is 0 Å². The summed E-state index contributed by atoms with van der Waals surface area (Å²) in [6.07, 6.45) is 6.15. The van der Waals surface area contributed by atoms with Crippen LogP contribution in [0.25, 0.3) is 0 Å². The minimum atomic E-state index is -0.0780. The van der Waals surface area contributed by atoms with Crippen molar-refractivity contribution in [1.29, 1.82) is 0 Å². The van der Waals surface area contributed by atoms with Gasteiger partial charge in [0.25, 0.3) is 0 Å². The maximum absolute atomic E-state index is 10.2. The number of nitrogens with two attached hydrogens (primary N) is 1. The molecule has 2 rings (SSSR count). The molecule has 1 aromatic rings. The quantitative estimate of drug-likeness (QED) is 0.860. The molecular weight excluding hydrogens is 226 g/mol. The molecule has 0 aromatic heterocycles. The zero-order valence-electron chi connectivity index (χ0n) is 11.1. The summed E-state index contributed by atoms with van der Waals surface area (Å²) < 4.78 is 5.41. The Morgan fingerprint density at radius 1 is 1.33 bits per heavy atom. The van der Waals surface area contributed by atoms with Crippen molar-refractivity contribution < 1.29 is 9.84 Å². The molecule has 0 saturated heterocycles. The standard InChI is InChI=1S/C15H23NO2/c1-2-18-13-10-6-9-12(15(13)17)14(16)11-7-4-3-5-8-11/h6,9-11,14,17H,2-5,7-8,16H2,1H3/t14-/m1/s1. The average molecular weight is 249 g/mol. The van der Waals surface area contributed by atoms with Crippen LogP contribution < -0.4 is 10.5 Å². The van der Waals surface area contributed by atoms with Crippen LogP contribution in [0.5, 0.6) is 11.5 Å². The SMILES string of the molecule is CCOc1cccc([C@H](N)C2CCCCC2)c1O. The maximum atomic E-state index is 10.2. The molecule has 0 bridgehead atoms. The smallest absolute Gasteiger partial charge is 0.162 e. The first-order chi connectivity index (χ1) is 8.74. The van der Waals surface area contributed by atoms with Gasteiger partial charge in [-0.25, -0.2) is 0 Å². The third-order valence-corrected chi connectivity index (χ3v) is 3.85. The summed E-state index contributed by atoms with van der Waals surface area (Å²) in [5.74, 6) is 1.25. The van der Waals surface area contributed by atoms with E-state index < -0.39 is 0 Å². The lowest BCUT2D eigenvalue weighted by Crippen LogP contribution is -2.23. The molecule has 1 fully saturated rings. The van der Waals surface area contributed by atoms with E-state index in [2.05, 4.69) is 0 Å².